The zero-order chi connectivity index (χ0) is 84.2. The second-order valence-electron chi connectivity index (χ2n) is 27.4. The second kappa shape index (κ2) is 36.2. The monoisotopic (exact) mass is 1820 g/mol. The van der Waals surface area contributed by atoms with Crippen molar-refractivity contribution in [3.05, 3.63) is 266 Å². The molecule has 33 heteroatoms. The Morgan fingerprint density at radius 1 is 0.427 bits per heavy atom. The Bertz CT molecular complexity index is 6640. The number of sulfonamides is 4. The van der Waals surface area contributed by atoms with Gasteiger partial charge in [0.2, 0.25) is 0 Å². The lowest BCUT2D eigenvalue weighted by Crippen LogP contribution is -2.32. The van der Waals surface area contributed by atoms with Crippen LogP contribution in [0, 0.1) is 69.7 Å². The first kappa shape index (κ1) is 86.5. The van der Waals surface area contributed by atoms with E-state index in [2.05, 4.69) is 53.9 Å². The summed E-state index contributed by atoms with van der Waals surface area (Å²) in [5, 5.41) is 17.3. The molecular formula is C84H76BrF4N5O14S9. The fraction of sp³-hybridized carbons (Fsp3) is 0.202. The lowest BCUT2D eigenvalue weighted by molar-refractivity contribution is 0.0591. The van der Waals surface area contributed by atoms with Gasteiger partial charge in [0.25, 0.3) is 40.1 Å². The topological polar surface area (TPSA) is 283 Å². The summed E-state index contributed by atoms with van der Waals surface area (Å²) in [5.41, 5.74) is 9.92. The van der Waals surface area contributed by atoms with Gasteiger partial charge in [-0.15, -0.1) is 56.7 Å². The Morgan fingerprint density at radius 2 is 0.735 bits per heavy atom. The van der Waals surface area contributed by atoms with Gasteiger partial charge in [-0.1, -0.05) is 133 Å². The number of aryl methyl sites for hydroxylation is 5. The summed E-state index contributed by atoms with van der Waals surface area (Å²) in [6, 6.07) is 52.1. The highest BCUT2D eigenvalue weighted by Crippen LogP contribution is 2.46. The number of nitrogens with one attached hydrogen (secondary N) is 2. The molecule has 5 heterocycles. The van der Waals surface area contributed by atoms with Crippen LogP contribution in [0.4, 0.5) is 42.6 Å². The summed E-state index contributed by atoms with van der Waals surface area (Å²) in [4.78, 5) is 32.3. The number of hydrogen-bond acceptors (Lipinski definition) is 19. The van der Waals surface area contributed by atoms with Gasteiger partial charge in [-0.3, -0.25) is 18.1 Å². The van der Waals surface area contributed by atoms with Crippen LogP contribution < -0.4 is 23.8 Å². The Kier molecular flexibility index (Phi) is 26.8. The molecular weight excluding hydrogens is 1750 g/mol. The van der Waals surface area contributed by atoms with Gasteiger partial charge in [0.05, 0.1) is 35.9 Å². The van der Waals surface area contributed by atoms with Crippen LogP contribution >= 0.6 is 72.6 Å². The van der Waals surface area contributed by atoms with Gasteiger partial charge in [-0.25, -0.2) is 65.6 Å². The molecule has 16 rings (SSSR count). The normalized spacial score (nSPS) is 12.8. The number of carbonyl (C=O) groups excluding carboxylic acids is 2. The first-order chi connectivity index (χ1) is 55.6. The lowest BCUT2D eigenvalue weighted by atomic mass is 10.2. The van der Waals surface area contributed by atoms with Crippen LogP contribution in [0.15, 0.2) is 218 Å². The molecule has 19 nitrogen and oxygen atoms in total. The average Bonchev–Trinajstić information content (AvgIpc) is 1.70. The zero-order valence-electron chi connectivity index (χ0n) is 63.6. The average molecular weight is 1820 g/mol. The summed E-state index contributed by atoms with van der Waals surface area (Å²) in [5.74, 6) is -5.58. The van der Waals surface area contributed by atoms with Crippen LogP contribution in [0.5, 0.6) is 0 Å². The van der Waals surface area contributed by atoms with E-state index in [0.717, 1.165) is 155 Å². The minimum absolute atomic E-state index is 0.0310. The van der Waals surface area contributed by atoms with Gasteiger partial charge in [-0.05, 0) is 217 Å². The fourth-order valence-electron chi connectivity index (χ4n) is 12.7. The van der Waals surface area contributed by atoms with Crippen molar-refractivity contribution in [2.75, 3.05) is 51.1 Å². The van der Waals surface area contributed by atoms with E-state index in [0.29, 0.717) is 49.3 Å². The summed E-state index contributed by atoms with van der Waals surface area (Å²) in [6.07, 6.45) is 5.81. The van der Waals surface area contributed by atoms with E-state index < -0.39 is 96.0 Å². The summed E-state index contributed by atoms with van der Waals surface area (Å²) >= 11 is 10.1. The van der Waals surface area contributed by atoms with Crippen molar-refractivity contribution in [3.8, 4) is 0 Å². The number of nitrogens with zero attached hydrogens (tertiary/aromatic N) is 2. The standard InChI is InChI=1S/C22H22FNO4S2.C21H20FNO4S2.C17H14FNO4S2.C15H11BrFNO2S2.C9H9NS/c1-14-17-5-3-4-6-19(17)29-21(14)24(12-11-15-7-8-15)30(26,27)20-10-9-16(13-18(20)23)22(25)28-2;1-13-16-4-2-3-5-18(16)28-20(13)23(11-10-14-6-7-14)29(26,27)19-9-8-15(21(24)25)12-17(19)22;1-10-12-5-3-4-6-14(12)24-16(10)19-25(21,22)15-8-7-11(9-13(15)18)17(20)23-2;1-9-11-4-2-3-5-13(11)21-15(9)18-22(19,20)14-7-6-10(16)8-12(14)17;1-6-7-4-2-3-5-8(7)11-9(6)10/h3-6,9-10,13,15H,7-8,11-12H2,1-2H3;2-5,8-9,12,14H,6-7,10-11H2,1H3,(H,24,25);3-9,19H,1-2H3;2-8,18H,1H3;2-5H,10H2,1H3. The third-order valence-electron chi connectivity index (χ3n) is 19.5. The Balaban J connectivity index is 0.000000138. The molecule has 2 fully saturated rings. The molecule has 5 aromatic heterocycles. The lowest BCUT2D eigenvalue weighted by Gasteiger charge is -2.24. The first-order valence-electron chi connectivity index (χ1n) is 36.1. The van der Waals surface area contributed by atoms with Crippen molar-refractivity contribution in [3.63, 3.8) is 0 Å². The molecule has 9 aromatic carbocycles. The number of carboxylic acid groups (broad SMARTS) is 1. The molecule has 0 unspecified atom stereocenters. The number of nitrogens with two attached hydrogens (primary N) is 1. The van der Waals surface area contributed by atoms with Gasteiger partial charge in [0.15, 0.2) is 0 Å². The van der Waals surface area contributed by atoms with Crippen molar-refractivity contribution >= 4 is 206 Å². The summed E-state index contributed by atoms with van der Waals surface area (Å²) in [6.45, 7) is 10.0. The number of fused-ring (bicyclic) bond motifs is 5. The number of rotatable bonds is 21. The number of nitrogen functional groups attached to an aromatic ring is 1. The number of benzene rings is 9. The highest BCUT2D eigenvalue weighted by atomic mass is 79.9. The Morgan fingerprint density at radius 3 is 1.06 bits per heavy atom. The van der Waals surface area contributed by atoms with Gasteiger partial charge >= 0.3 is 17.9 Å². The molecule has 2 aliphatic rings. The third-order valence-corrected chi connectivity index (χ3v) is 33.0. The van der Waals surface area contributed by atoms with E-state index in [4.69, 9.17) is 10.8 Å². The van der Waals surface area contributed by atoms with Gasteiger partial charge in [0.1, 0.15) is 62.9 Å². The Hall–Kier alpha value is -9.81. The van der Waals surface area contributed by atoms with Crippen molar-refractivity contribution in [2.45, 2.75) is 92.7 Å². The van der Waals surface area contributed by atoms with E-state index >= 15 is 0 Å². The highest BCUT2D eigenvalue weighted by molar-refractivity contribution is 9.10. The quantitative estimate of drug-likeness (QED) is 0.0384. The van der Waals surface area contributed by atoms with Crippen LogP contribution in [0.1, 0.15) is 97.4 Å². The third kappa shape index (κ3) is 19.5. The number of hydrogen-bond donors (Lipinski definition) is 4. The van der Waals surface area contributed by atoms with Crippen LogP contribution in [0.3, 0.4) is 0 Å². The molecule has 0 aliphatic heterocycles. The minimum Gasteiger partial charge on any atom is -0.478 e. The number of halogens is 5. The van der Waals surface area contributed by atoms with Crippen molar-refractivity contribution < 1.29 is 80.2 Å². The molecule has 117 heavy (non-hydrogen) atoms. The van der Waals surface area contributed by atoms with Gasteiger partial charge < -0.3 is 20.3 Å². The molecule has 5 N–H and O–H groups in total. The van der Waals surface area contributed by atoms with Gasteiger partial charge in [0, 0.05) is 41.1 Å². The SMILES string of the molecule is COC(=O)c1ccc(S(=O)(=O)N(CCC2CC2)c2sc3ccccc3c2C)c(F)c1.COC(=O)c1ccc(S(=O)(=O)Nc2sc3ccccc3c2C)c(F)c1.Cc1c(N(CCC2CC2)S(=O)(=O)c2ccc(C(=O)O)cc2F)sc2ccccc12.Cc1c(N)sc2ccccc12.Cc1c(NS(=O)(=O)c2ccc(Br)cc2F)sc2ccccc12. The molecule has 0 saturated heterocycles. The molecule has 610 valence electrons. The zero-order valence-corrected chi connectivity index (χ0v) is 72.5. The molecule has 2 saturated carbocycles. The van der Waals surface area contributed by atoms with E-state index in [1.54, 1.807) is 18.3 Å². The maximum atomic E-state index is 14.8. The number of ether oxygens (including phenoxy) is 2. The minimum atomic E-state index is -4.19. The van der Waals surface area contributed by atoms with Crippen LogP contribution in [-0.4, -0.2) is 84.0 Å². The largest absolute Gasteiger partial charge is 0.478 e. The number of aromatic carboxylic acids is 1. The van der Waals surface area contributed by atoms with Crippen molar-refractivity contribution in [1.29, 1.82) is 0 Å². The summed E-state index contributed by atoms with van der Waals surface area (Å²) in [7, 11) is -14.1. The second-order valence-corrected chi connectivity index (χ2v) is 40.5. The predicted octanol–water partition coefficient (Wildman–Crippen LogP) is 21.8. The Labute approximate surface area is 702 Å². The number of anilines is 5. The first-order valence-corrected chi connectivity index (χ1v) is 46.8. The van der Waals surface area contributed by atoms with Crippen LogP contribution in [0.2, 0.25) is 0 Å². The molecule has 0 amide bonds. The number of carboxylic acids is 1. The van der Waals surface area contributed by atoms with E-state index in [-0.39, 0.29) is 28.1 Å². The fourth-order valence-corrected chi connectivity index (χ4v) is 25.1. The maximum Gasteiger partial charge on any atom is 0.337 e. The highest BCUT2D eigenvalue weighted by Gasteiger charge is 2.36. The number of thiophene rings is 5. The van der Waals surface area contributed by atoms with Gasteiger partial charge in [-0.2, -0.15) is 0 Å². The van der Waals surface area contributed by atoms with E-state index in [1.165, 1.54) is 101 Å². The predicted molar refractivity (Wildman–Crippen MR) is 466 cm³/mol. The molecule has 0 bridgehead atoms. The molecule has 14 aromatic rings. The molecule has 0 radical (unpaired) electrons. The number of esters is 2. The molecule has 0 atom stereocenters. The van der Waals surface area contributed by atoms with Crippen LogP contribution in [0.25, 0.3) is 50.4 Å². The number of carbonyl (C=O) groups is 3. The van der Waals surface area contributed by atoms with Crippen LogP contribution in [-0.2, 0) is 49.6 Å². The van der Waals surface area contributed by atoms with Crippen molar-refractivity contribution in [1.82, 2.24) is 0 Å². The molecule has 2 aliphatic carbocycles. The summed E-state index contributed by atoms with van der Waals surface area (Å²) < 4.78 is 184. The van der Waals surface area contributed by atoms with Crippen molar-refractivity contribution in [2.24, 2.45) is 11.8 Å². The van der Waals surface area contributed by atoms with E-state index in [9.17, 15) is 65.6 Å². The molecule has 0 spiro atoms. The smallest absolute Gasteiger partial charge is 0.337 e. The van der Waals surface area contributed by atoms with E-state index in [1.807, 2.05) is 130 Å². The maximum absolute atomic E-state index is 14.8. The number of methoxy groups -OCH3 is 2.